The summed E-state index contributed by atoms with van der Waals surface area (Å²) in [6.07, 6.45) is 0.613. The van der Waals surface area contributed by atoms with Gasteiger partial charge in [0.25, 0.3) is 5.91 Å². The fraction of sp³-hybridized carbons (Fsp3) is 0.364. The van der Waals surface area contributed by atoms with Gasteiger partial charge < -0.3 is 16.8 Å². The van der Waals surface area contributed by atoms with E-state index in [0.717, 1.165) is 17.5 Å². The van der Waals surface area contributed by atoms with Crippen molar-refractivity contribution in [2.75, 3.05) is 0 Å². The first-order valence-corrected chi connectivity index (χ1v) is 9.79. The molecule has 1 amide bonds. The van der Waals surface area contributed by atoms with Crippen LogP contribution in [-0.2, 0) is 6.42 Å². The fourth-order valence-electron chi connectivity index (χ4n) is 2.78. The van der Waals surface area contributed by atoms with E-state index in [1.807, 2.05) is 26.0 Å². The second kappa shape index (κ2) is 10.7. The highest BCUT2D eigenvalue weighted by atomic mass is 19.1. The molecule has 0 aromatic heterocycles. The quantitative estimate of drug-likeness (QED) is 0.424. The standard InChI is InChI=1S/C22H30FN5O/c1-4-15-5-7-17(8-6-15)21(29)28-22(26-14(2)3)27-20(25)13-19(24)16-9-11-18(23)12-10-16/h5-12,14,19-20H,4,13,24-25H2,1-3H3,(H2,26,27,28,29). The van der Waals surface area contributed by atoms with Gasteiger partial charge in [-0.25, -0.2) is 9.38 Å². The Bertz CT molecular complexity index is 818. The van der Waals surface area contributed by atoms with Gasteiger partial charge in [0, 0.05) is 24.1 Å². The molecule has 2 aromatic carbocycles. The molecule has 0 fully saturated rings. The monoisotopic (exact) mass is 399 g/mol. The van der Waals surface area contributed by atoms with E-state index in [1.54, 1.807) is 24.3 Å². The number of hydrogen-bond acceptors (Lipinski definition) is 4. The van der Waals surface area contributed by atoms with E-state index in [2.05, 4.69) is 22.5 Å². The molecule has 2 rings (SSSR count). The molecule has 7 heteroatoms. The van der Waals surface area contributed by atoms with E-state index in [-0.39, 0.29) is 17.8 Å². The van der Waals surface area contributed by atoms with Gasteiger partial charge in [0.15, 0.2) is 5.96 Å². The van der Waals surface area contributed by atoms with Crippen LogP contribution in [0.15, 0.2) is 53.5 Å². The molecule has 6 N–H and O–H groups in total. The lowest BCUT2D eigenvalue weighted by Gasteiger charge is -2.19. The lowest BCUT2D eigenvalue weighted by atomic mass is 10.0. The van der Waals surface area contributed by atoms with Crippen LogP contribution in [0, 0.1) is 5.82 Å². The van der Waals surface area contributed by atoms with Crippen molar-refractivity contribution in [2.45, 2.75) is 51.9 Å². The number of halogens is 1. The Morgan fingerprint density at radius 3 is 2.24 bits per heavy atom. The van der Waals surface area contributed by atoms with Crippen molar-refractivity contribution in [1.29, 1.82) is 0 Å². The molecular weight excluding hydrogens is 369 g/mol. The third kappa shape index (κ3) is 7.29. The number of carbonyl (C=O) groups is 1. The van der Waals surface area contributed by atoms with Gasteiger partial charge in [-0.05, 0) is 55.7 Å². The van der Waals surface area contributed by atoms with Crippen LogP contribution in [-0.4, -0.2) is 24.1 Å². The molecule has 0 heterocycles. The largest absolute Gasteiger partial charge is 0.354 e. The highest BCUT2D eigenvalue weighted by Gasteiger charge is 2.15. The van der Waals surface area contributed by atoms with Crippen molar-refractivity contribution in [3.05, 3.63) is 71.0 Å². The molecule has 2 unspecified atom stereocenters. The van der Waals surface area contributed by atoms with Gasteiger partial charge in [-0.2, -0.15) is 0 Å². The van der Waals surface area contributed by atoms with E-state index in [0.29, 0.717) is 17.9 Å². The molecule has 2 aromatic rings. The molecule has 0 spiro atoms. The summed E-state index contributed by atoms with van der Waals surface area (Å²) >= 11 is 0. The lowest BCUT2D eigenvalue weighted by Crippen LogP contribution is -2.45. The molecule has 0 radical (unpaired) electrons. The van der Waals surface area contributed by atoms with Crippen LogP contribution >= 0.6 is 0 Å². The first-order valence-electron chi connectivity index (χ1n) is 9.79. The topological polar surface area (TPSA) is 106 Å². The summed E-state index contributed by atoms with van der Waals surface area (Å²) in [6, 6.07) is 13.1. The Kier molecular flexibility index (Phi) is 8.30. The fourth-order valence-corrected chi connectivity index (χ4v) is 2.78. The van der Waals surface area contributed by atoms with E-state index >= 15 is 0 Å². The van der Waals surface area contributed by atoms with Gasteiger partial charge in [0.1, 0.15) is 12.0 Å². The Hall–Kier alpha value is -2.77. The predicted octanol–water partition coefficient (Wildman–Crippen LogP) is 2.85. The molecule has 0 aliphatic rings. The average molecular weight is 400 g/mol. The van der Waals surface area contributed by atoms with E-state index in [1.165, 1.54) is 12.1 Å². The van der Waals surface area contributed by atoms with Crippen LogP contribution in [0.1, 0.15) is 54.7 Å². The minimum atomic E-state index is -0.640. The van der Waals surface area contributed by atoms with Crippen molar-refractivity contribution < 1.29 is 9.18 Å². The highest BCUT2D eigenvalue weighted by molar-refractivity contribution is 6.05. The van der Waals surface area contributed by atoms with Crippen LogP contribution in [0.5, 0.6) is 0 Å². The molecule has 0 aliphatic carbocycles. The number of nitrogens with two attached hydrogens (primary N) is 2. The maximum Gasteiger partial charge on any atom is 0.257 e. The summed E-state index contributed by atoms with van der Waals surface area (Å²) in [6.45, 7) is 5.94. The number of hydrogen-bond donors (Lipinski definition) is 4. The van der Waals surface area contributed by atoms with Gasteiger partial charge in [0.2, 0.25) is 0 Å². The SMILES string of the molecule is CCc1ccc(C(=O)NC(=NC(N)CC(N)c2ccc(F)cc2)NC(C)C)cc1. The predicted molar refractivity (Wildman–Crippen MR) is 115 cm³/mol. The van der Waals surface area contributed by atoms with Gasteiger partial charge in [0.05, 0.1) is 0 Å². The van der Waals surface area contributed by atoms with E-state index < -0.39 is 12.2 Å². The summed E-state index contributed by atoms with van der Waals surface area (Å²) < 4.78 is 13.1. The van der Waals surface area contributed by atoms with Gasteiger partial charge in [-0.3, -0.25) is 10.1 Å². The number of amides is 1. The number of aryl methyl sites for hydroxylation is 1. The van der Waals surface area contributed by atoms with Gasteiger partial charge in [-0.1, -0.05) is 31.2 Å². The minimum Gasteiger partial charge on any atom is -0.354 e. The van der Waals surface area contributed by atoms with Crippen molar-refractivity contribution in [1.82, 2.24) is 10.6 Å². The molecule has 156 valence electrons. The third-order valence-corrected chi connectivity index (χ3v) is 4.37. The molecular formula is C22H30FN5O. The number of aliphatic imine (C=N–C) groups is 1. The second-order valence-electron chi connectivity index (χ2n) is 7.24. The smallest absolute Gasteiger partial charge is 0.257 e. The normalized spacial score (nSPS) is 13.8. The van der Waals surface area contributed by atoms with Crippen LogP contribution in [0.4, 0.5) is 4.39 Å². The number of guanidine groups is 1. The molecule has 2 atom stereocenters. The number of nitrogens with one attached hydrogen (secondary N) is 2. The maximum atomic E-state index is 13.1. The van der Waals surface area contributed by atoms with Gasteiger partial charge >= 0.3 is 0 Å². The molecule has 0 aliphatic heterocycles. The van der Waals surface area contributed by atoms with Crippen LogP contribution in [0.3, 0.4) is 0 Å². The summed E-state index contributed by atoms with van der Waals surface area (Å²) in [5.41, 5.74) is 14.8. The number of benzene rings is 2. The van der Waals surface area contributed by atoms with E-state index in [9.17, 15) is 9.18 Å². The minimum absolute atomic E-state index is 0.0505. The van der Waals surface area contributed by atoms with Crippen LogP contribution < -0.4 is 22.1 Å². The Morgan fingerprint density at radius 2 is 1.69 bits per heavy atom. The molecule has 29 heavy (non-hydrogen) atoms. The molecule has 0 bridgehead atoms. The second-order valence-corrected chi connectivity index (χ2v) is 7.24. The number of rotatable bonds is 7. The Balaban J connectivity index is 2.07. The number of carbonyl (C=O) groups excluding carboxylic acids is 1. The van der Waals surface area contributed by atoms with Crippen LogP contribution in [0.2, 0.25) is 0 Å². The Morgan fingerprint density at radius 1 is 1.07 bits per heavy atom. The summed E-state index contributed by atoms with van der Waals surface area (Å²) in [5, 5.41) is 5.89. The van der Waals surface area contributed by atoms with Crippen molar-refractivity contribution in [3.63, 3.8) is 0 Å². The Labute approximate surface area is 171 Å². The van der Waals surface area contributed by atoms with Crippen molar-refractivity contribution >= 4 is 11.9 Å². The first-order chi connectivity index (χ1) is 13.8. The average Bonchev–Trinajstić information content (AvgIpc) is 2.67. The van der Waals surface area contributed by atoms with E-state index in [4.69, 9.17) is 11.5 Å². The highest BCUT2D eigenvalue weighted by Crippen LogP contribution is 2.16. The number of nitrogens with zero attached hydrogens (tertiary/aromatic N) is 1. The summed E-state index contributed by atoms with van der Waals surface area (Å²) in [7, 11) is 0. The van der Waals surface area contributed by atoms with Crippen LogP contribution in [0.25, 0.3) is 0 Å². The summed E-state index contributed by atoms with van der Waals surface area (Å²) in [5.74, 6) is -0.292. The molecule has 6 nitrogen and oxygen atoms in total. The first kappa shape index (κ1) is 22.5. The van der Waals surface area contributed by atoms with Crippen molar-refractivity contribution in [3.8, 4) is 0 Å². The zero-order valence-corrected chi connectivity index (χ0v) is 17.2. The molecule has 0 saturated carbocycles. The van der Waals surface area contributed by atoms with Crippen molar-refractivity contribution in [2.24, 2.45) is 16.5 Å². The third-order valence-electron chi connectivity index (χ3n) is 4.37. The maximum absolute atomic E-state index is 13.1. The summed E-state index contributed by atoms with van der Waals surface area (Å²) in [4.78, 5) is 17.0. The zero-order valence-electron chi connectivity index (χ0n) is 17.2. The molecule has 0 saturated heterocycles. The lowest BCUT2D eigenvalue weighted by molar-refractivity contribution is 0.0975. The zero-order chi connectivity index (χ0) is 21.4. The van der Waals surface area contributed by atoms with Gasteiger partial charge in [-0.15, -0.1) is 0 Å².